The van der Waals surface area contributed by atoms with Gasteiger partial charge in [-0.3, -0.25) is 4.90 Å². The van der Waals surface area contributed by atoms with Gasteiger partial charge in [0.15, 0.2) is 0 Å². The molecule has 0 amide bonds. The van der Waals surface area contributed by atoms with Crippen LogP contribution >= 0.6 is 0 Å². The summed E-state index contributed by atoms with van der Waals surface area (Å²) in [6.07, 6.45) is 9.10. The Morgan fingerprint density at radius 3 is 2.18 bits per heavy atom. The molecule has 1 aliphatic rings. The highest BCUT2D eigenvalue weighted by Crippen LogP contribution is 2.38. The maximum atomic E-state index is 2.67. The van der Waals surface area contributed by atoms with Crippen molar-refractivity contribution in [2.45, 2.75) is 79.2 Å². The van der Waals surface area contributed by atoms with E-state index >= 15 is 0 Å². The largest absolute Gasteiger partial charge is 0.299 e. The Hall–Kier alpha value is -0.820. The summed E-state index contributed by atoms with van der Waals surface area (Å²) in [7, 11) is 0. The van der Waals surface area contributed by atoms with Crippen molar-refractivity contribution in [1.29, 1.82) is 0 Å². The van der Waals surface area contributed by atoms with Crippen molar-refractivity contribution in [2.75, 3.05) is 13.1 Å². The van der Waals surface area contributed by atoms with Crippen LogP contribution < -0.4 is 0 Å². The van der Waals surface area contributed by atoms with Crippen LogP contribution in [-0.2, 0) is 19.4 Å². The summed E-state index contributed by atoms with van der Waals surface area (Å²) >= 11 is 0. The van der Waals surface area contributed by atoms with Crippen LogP contribution in [0, 0.1) is 5.41 Å². The molecule has 0 aliphatic carbocycles. The fourth-order valence-electron chi connectivity index (χ4n) is 4.03. The Morgan fingerprint density at radius 2 is 1.64 bits per heavy atom. The van der Waals surface area contributed by atoms with Gasteiger partial charge >= 0.3 is 0 Å². The van der Waals surface area contributed by atoms with Crippen LogP contribution in [0.25, 0.3) is 0 Å². The molecular formula is C21H35N. The molecule has 0 aromatic heterocycles. The van der Waals surface area contributed by atoms with Gasteiger partial charge in [-0.15, -0.1) is 0 Å². The molecule has 1 saturated heterocycles. The van der Waals surface area contributed by atoms with E-state index in [1.165, 1.54) is 57.2 Å². The Kier molecular flexibility index (Phi) is 6.50. The van der Waals surface area contributed by atoms with Crippen LogP contribution in [0.15, 0.2) is 18.2 Å². The Labute approximate surface area is 138 Å². The Bertz CT molecular complexity index is 449. The molecule has 1 aliphatic heterocycles. The topological polar surface area (TPSA) is 3.24 Å². The first-order chi connectivity index (χ1) is 10.7. The highest BCUT2D eigenvalue weighted by molar-refractivity contribution is 5.32. The molecule has 1 fully saturated rings. The van der Waals surface area contributed by atoms with Gasteiger partial charge in [-0.25, -0.2) is 0 Å². The maximum Gasteiger partial charge on any atom is 0.0233 e. The minimum atomic E-state index is 0.635. The zero-order valence-corrected chi connectivity index (χ0v) is 15.3. The first kappa shape index (κ1) is 17.5. The highest BCUT2D eigenvalue weighted by Gasteiger charge is 2.30. The van der Waals surface area contributed by atoms with Crippen molar-refractivity contribution >= 4 is 0 Å². The van der Waals surface area contributed by atoms with Gasteiger partial charge in [-0.05, 0) is 60.9 Å². The lowest BCUT2D eigenvalue weighted by Crippen LogP contribution is -2.39. The molecule has 1 nitrogen and oxygen atoms in total. The zero-order valence-electron chi connectivity index (χ0n) is 15.3. The third kappa shape index (κ3) is 4.13. The average Bonchev–Trinajstić information content (AvgIpc) is 2.56. The minimum absolute atomic E-state index is 0.635. The second-order valence-corrected chi connectivity index (χ2v) is 7.19. The number of likely N-dealkylation sites (tertiary alicyclic amines) is 1. The molecule has 22 heavy (non-hydrogen) atoms. The molecule has 1 aromatic rings. The van der Waals surface area contributed by atoms with Crippen molar-refractivity contribution in [3.8, 4) is 0 Å². The summed E-state index contributed by atoms with van der Waals surface area (Å²) in [4.78, 5) is 2.67. The minimum Gasteiger partial charge on any atom is -0.299 e. The predicted octanol–water partition coefficient (Wildman–Crippen LogP) is 5.60. The van der Waals surface area contributed by atoms with Crippen LogP contribution in [-0.4, -0.2) is 18.0 Å². The summed E-state index contributed by atoms with van der Waals surface area (Å²) in [5.74, 6) is 0. The number of hydrogen-bond acceptors (Lipinski definition) is 1. The van der Waals surface area contributed by atoms with E-state index in [4.69, 9.17) is 0 Å². The Morgan fingerprint density at radius 1 is 0.955 bits per heavy atom. The van der Waals surface area contributed by atoms with Crippen molar-refractivity contribution in [1.82, 2.24) is 4.90 Å². The second kappa shape index (κ2) is 8.15. The van der Waals surface area contributed by atoms with Gasteiger partial charge in [-0.1, -0.05) is 65.2 Å². The molecule has 1 aromatic carbocycles. The van der Waals surface area contributed by atoms with Crippen molar-refractivity contribution < 1.29 is 0 Å². The van der Waals surface area contributed by atoms with E-state index in [1.54, 1.807) is 11.1 Å². The maximum absolute atomic E-state index is 2.67. The van der Waals surface area contributed by atoms with E-state index < -0.39 is 0 Å². The number of aryl methyl sites for hydroxylation is 2. The van der Waals surface area contributed by atoms with Gasteiger partial charge in [0.1, 0.15) is 0 Å². The molecule has 1 heterocycles. The summed E-state index contributed by atoms with van der Waals surface area (Å²) < 4.78 is 0. The first-order valence-corrected chi connectivity index (χ1v) is 9.49. The summed E-state index contributed by atoms with van der Waals surface area (Å²) in [5.41, 5.74) is 5.27. The lowest BCUT2D eigenvalue weighted by molar-refractivity contribution is 0.0909. The smallest absolute Gasteiger partial charge is 0.0233 e. The third-order valence-corrected chi connectivity index (χ3v) is 5.99. The fraction of sp³-hybridized carbons (Fsp3) is 0.714. The number of rotatable bonds is 7. The zero-order chi connectivity index (χ0) is 16.0. The third-order valence-electron chi connectivity index (χ3n) is 5.99. The van der Waals surface area contributed by atoms with Crippen molar-refractivity contribution in [3.05, 3.63) is 34.9 Å². The highest BCUT2D eigenvalue weighted by atomic mass is 15.1. The van der Waals surface area contributed by atoms with Gasteiger partial charge in [0.05, 0.1) is 0 Å². The monoisotopic (exact) mass is 301 g/mol. The lowest BCUT2D eigenvalue weighted by atomic mass is 9.74. The normalized spacial score (nSPS) is 18.5. The van der Waals surface area contributed by atoms with E-state index in [2.05, 4.69) is 50.8 Å². The Balaban J connectivity index is 1.98. The molecule has 0 spiro atoms. The molecule has 1 heteroatoms. The van der Waals surface area contributed by atoms with Crippen LogP contribution in [0.4, 0.5) is 0 Å². The lowest BCUT2D eigenvalue weighted by Gasteiger charge is -2.41. The van der Waals surface area contributed by atoms with Crippen molar-refractivity contribution in [2.24, 2.45) is 5.41 Å². The van der Waals surface area contributed by atoms with Gasteiger partial charge < -0.3 is 0 Å². The van der Waals surface area contributed by atoms with E-state index in [1.807, 2.05) is 0 Å². The number of nitrogens with zero attached hydrogens (tertiary/aromatic N) is 1. The van der Waals surface area contributed by atoms with E-state index in [0.717, 1.165) is 13.0 Å². The van der Waals surface area contributed by atoms with Crippen molar-refractivity contribution in [3.63, 3.8) is 0 Å². The molecule has 0 bridgehead atoms. The molecular weight excluding hydrogens is 266 g/mol. The van der Waals surface area contributed by atoms with Gasteiger partial charge in [0.2, 0.25) is 0 Å². The van der Waals surface area contributed by atoms with Crippen LogP contribution in [0.5, 0.6) is 0 Å². The van der Waals surface area contributed by atoms with Gasteiger partial charge in [-0.2, -0.15) is 0 Å². The molecule has 0 radical (unpaired) electrons. The molecule has 0 N–H and O–H groups in total. The number of piperidine rings is 1. The first-order valence-electron chi connectivity index (χ1n) is 9.49. The van der Waals surface area contributed by atoms with E-state index in [0.29, 0.717) is 5.41 Å². The number of benzene rings is 1. The summed E-state index contributed by atoms with van der Waals surface area (Å²) in [5, 5.41) is 0. The standard InChI is InChI=1S/C21H35N/c1-5-9-20-16-18(10-11-19(20)6-2)17-22-14-12-21(7-3,8-4)13-15-22/h10-11,16H,5-9,12-15,17H2,1-4H3. The van der Waals surface area contributed by atoms with Gasteiger partial charge in [0, 0.05) is 6.54 Å². The van der Waals surface area contributed by atoms with E-state index in [-0.39, 0.29) is 0 Å². The fourth-order valence-corrected chi connectivity index (χ4v) is 4.03. The van der Waals surface area contributed by atoms with Crippen LogP contribution in [0.1, 0.15) is 76.5 Å². The number of hydrogen-bond donors (Lipinski definition) is 0. The SMILES string of the molecule is CCCc1cc(CN2CCC(CC)(CC)CC2)ccc1CC. The molecule has 0 unspecified atom stereocenters. The predicted molar refractivity (Wildman–Crippen MR) is 97.3 cm³/mol. The van der Waals surface area contributed by atoms with Crippen LogP contribution in [0.3, 0.4) is 0 Å². The summed E-state index contributed by atoms with van der Waals surface area (Å²) in [6, 6.07) is 7.20. The summed E-state index contributed by atoms with van der Waals surface area (Å²) in [6.45, 7) is 13.0. The molecule has 124 valence electrons. The van der Waals surface area contributed by atoms with E-state index in [9.17, 15) is 0 Å². The second-order valence-electron chi connectivity index (χ2n) is 7.19. The molecule has 2 rings (SSSR count). The van der Waals surface area contributed by atoms with Crippen LogP contribution in [0.2, 0.25) is 0 Å². The molecule has 0 saturated carbocycles. The van der Waals surface area contributed by atoms with Gasteiger partial charge in [0.25, 0.3) is 0 Å². The average molecular weight is 302 g/mol. The molecule has 0 atom stereocenters. The quantitative estimate of drug-likeness (QED) is 0.633.